The topological polar surface area (TPSA) is 143 Å². The van der Waals surface area contributed by atoms with Gasteiger partial charge in [-0.25, -0.2) is 4.79 Å². The highest BCUT2D eigenvalue weighted by molar-refractivity contribution is 6.25. The number of amides is 1. The highest BCUT2D eigenvalue weighted by Crippen LogP contribution is 2.55. The number of primary amides is 1. The molecule has 3 N–H and O–H groups in total. The number of aromatic nitrogens is 1. The molecule has 3 aliphatic heterocycles. The van der Waals surface area contributed by atoms with Gasteiger partial charge in [0.25, 0.3) is 0 Å². The molecule has 0 bridgehead atoms. The number of hydrogen-bond acceptors (Lipinski definition) is 9. The van der Waals surface area contributed by atoms with Crippen molar-refractivity contribution in [1.82, 2.24) is 15.2 Å². The molecule has 2 fully saturated rings. The van der Waals surface area contributed by atoms with Crippen LogP contribution in [-0.4, -0.2) is 65.6 Å². The fourth-order valence-electron chi connectivity index (χ4n) is 5.07. The summed E-state index contributed by atoms with van der Waals surface area (Å²) in [6.45, 7) is 1.95. The summed E-state index contributed by atoms with van der Waals surface area (Å²) >= 11 is 0. The van der Waals surface area contributed by atoms with E-state index in [4.69, 9.17) is 19.9 Å². The average Bonchev–Trinajstić information content (AvgIpc) is 3.37. The number of methoxy groups -OCH3 is 1. The van der Waals surface area contributed by atoms with Crippen LogP contribution in [0.5, 0.6) is 0 Å². The molecule has 1 aromatic heterocycles. The van der Waals surface area contributed by atoms with Crippen molar-refractivity contribution >= 4 is 17.7 Å². The van der Waals surface area contributed by atoms with E-state index in [0.29, 0.717) is 17.9 Å². The van der Waals surface area contributed by atoms with E-state index in [9.17, 15) is 14.4 Å². The second-order valence-electron chi connectivity index (χ2n) is 7.98. The van der Waals surface area contributed by atoms with Gasteiger partial charge in [-0.15, -0.1) is 0 Å². The maximum Gasteiger partial charge on any atom is 0.404 e. The van der Waals surface area contributed by atoms with E-state index < -0.39 is 23.5 Å². The van der Waals surface area contributed by atoms with Gasteiger partial charge in [-0.3, -0.25) is 14.6 Å². The summed E-state index contributed by atoms with van der Waals surface area (Å²) < 4.78 is 16.8. The second-order valence-corrected chi connectivity index (χ2v) is 7.98. The van der Waals surface area contributed by atoms with E-state index in [1.54, 1.807) is 25.3 Å². The van der Waals surface area contributed by atoms with Gasteiger partial charge in [-0.05, 0) is 19.1 Å². The normalized spacial score (nSPS) is 30.9. The fourth-order valence-corrected chi connectivity index (χ4v) is 5.07. The van der Waals surface area contributed by atoms with Crippen LogP contribution in [0.2, 0.25) is 0 Å². The molecule has 1 aliphatic carbocycles. The summed E-state index contributed by atoms with van der Waals surface area (Å²) in [7, 11) is 1.53. The van der Waals surface area contributed by atoms with Gasteiger partial charge in [0.2, 0.25) is 11.6 Å². The van der Waals surface area contributed by atoms with E-state index in [1.165, 1.54) is 7.11 Å². The standard InChI is InChI=1S/C21H22N4O6/c1-10-16(26)15-14(17(27)18(10)30-8-11-5-3-4-6-23-11)12(9-31-20(22)28)21(29-2)19-13(24-19)7-25(15)21/h3-6,12-13,19,24H,7-9H2,1-2H3,(H2,22,28)/t12?,13?,19?,21-/m1/s1. The molecule has 2 saturated heterocycles. The minimum Gasteiger partial charge on any atom is -0.483 e. The Bertz CT molecular complexity index is 1050. The molecule has 1 amide bonds. The van der Waals surface area contributed by atoms with E-state index in [2.05, 4.69) is 10.3 Å². The third kappa shape index (κ3) is 2.71. The Hall–Kier alpha value is -3.24. The zero-order chi connectivity index (χ0) is 21.9. The van der Waals surface area contributed by atoms with Crippen LogP contribution in [0.3, 0.4) is 0 Å². The zero-order valence-corrected chi connectivity index (χ0v) is 17.1. The first kappa shape index (κ1) is 19.7. The van der Waals surface area contributed by atoms with Crippen molar-refractivity contribution in [2.45, 2.75) is 31.3 Å². The number of ketones is 2. The quantitative estimate of drug-likeness (QED) is 0.474. The number of fused-ring (bicyclic) bond motifs is 4. The number of rotatable bonds is 6. The van der Waals surface area contributed by atoms with Crippen molar-refractivity contribution in [3.05, 3.63) is 52.7 Å². The number of carbonyl (C=O) groups is 3. The monoisotopic (exact) mass is 426 g/mol. The molecule has 10 nitrogen and oxygen atoms in total. The van der Waals surface area contributed by atoms with Gasteiger partial charge < -0.3 is 30.2 Å². The van der Waals surface area contributed by atoms with Gasteiger partial charge in [0.1, 0.15) is 13.2 Å². The van der Waals surface area contributed by atoms with Crippen LogP contribution in [0, 0.1) is 5.92 Å². The summed E-state index contributed by atoms with van der Waals surface area (Å²) in [6, 6.07) is 5.40. The number of carbonyl (C=O) groups excluding carboxylic acids is 3. The van der Waals surface area contributed by atoms with Crippen LogP contribution in [0.25, 0.3) is 0 Å². The predicted molar refractivity (Wildman–Crippen MR) is 105 cm³/mol. The number of nitrogens with zero attached hydrogens (tertiary/aromatic N) is 2. The maximum atomic E-state index is 13.6. The van der Waals surface area contributed by atoms with Crippen LogP contribution in [-0.2, 0) is 30.4 Å². The Labute approximate surface area is 178 Å². The third-order valence-corrected chi connectivity index (χ3v) is 6.46. The van der Waals surface area contributed by atoms with Gasteiger partial charge in [0.15, 0.2) is 11.5 Å². The Morgan fingerprint density at radius 3 is 2.84 bits per heavy atom. The van der Waals surface area contributed by atoms with E-state index >= 15 is 0 Å². The number of hydrogen-bond donors (Lipinski definition) is 2. The Morgan fingerprint density at radius 1 is 1.35 bits per heavy atom. The smallest absolute Gasteiger partial charge is 0.404 e. The minimum absolute atomic E-state index is 0.0220. The molecular weight excluding hydrogens is 404 g/mol. The lowest BCUT2D eigenvalue weighted by Gasteiger charge is -2.39. The second kappa shape index (κ2) is 6.89. The Balaban J connectivity index is 1.51. The van der Waals surface area contributed by atoms with Crippen LogP contribution < -0.4 is 11.1 Å². The molecule has 0 spiro atoms. The summed E-state index contributed by atoms with van der Waals surface area (Å²) in [5.74, 6) is -1.42. The molecule has 4 atom stereocenters. The molecule has 162 valence electrons. The van der Waals surface area contributed by atoms with Crippen molar-refractivity contribution in [2.24, 2.45) is 11.7 Å². The molecule has 0 radical (unpaired) electrons. The zero-order valence-electron chi connectivity index (χ0n) is 17.1. The van der Waals surface area contributed by atoms with E-state index in [0.717, 1.165) is 0 Å². The SMILES string of the molecule is CO[C@@]12C(COC(N)=O)C3=C(C(=O)C(C)=C(OCc4ccccn4)C3=O)N1CC1NC12. The molecule has 10 heteroatoms. The average molecular weight is 426 g/mol. The summed E-state index contributed by atoms with van der Waals surface area (Å²) in [5, 5.41) is 3.32. The molecular formula is C21H22N4O6. The number of Topliss-reactive ketones (excluding diaryl/α,β-unsaturated/α-hetero) is 2. The molecule has 4 aliphatic rings. The van der Waals surface area contributed by atoms with Gasteiger partial charge in [0, 0.05) is 37.0 Å². The number of ether oxygens (including phenoxy) is 3. The highest BCUT2D eigenvalue weighted by atomic mass is 16.6. The molecule has 1 aromatic rings. The molecule has 3 unspecified atom stereocenters. The van der Waals surface area contributed by atoms with Crippen LogP contribution >= 0.6 is 0 Å². The molecule has 5 rings (SSSR count). The molecule has 0 saturated carbocycles. The number of nitrogens with one attached hydrogen (secondary N) is 1. The van der Waals surface area contributed by atoms with Gasteiger partial charge in [-0.1, -0.05) is 6.07 Å². The minimum atomic E-state index is -1.01. The van der Waals surface area contributed by atoms with Crippen molar-refractivity contribution in [1.29, 1.82) is 0 Å². The first-order chi connectivity index (χ1) is 14.9. The van der Waals surface area contributed by atoms with E-state index in [-0.39, 0.29) is 48.0 Å². The molecule has 0 aromatic carbocycles. The lowest BCUT2D eigenvalue weighted by molar-refractivity contribution is -0.137. The number of allylic oxidation sites excluding steroid dienone is 2. The van der Waals surface area contributed by atoms with Crippen LogP contribution in [0.1, 0.15) is 12.6 Å². The summed E-state index contributed by atoms with van der Waals surface area (Å²) in [5.41, 5.74) is 5.57. The maximum absolute atomic E-state index is 13.6. The molecule has 4 heterocycles. The fraction of sp³-hybridized carbons (Fsp3) is 0.429. The Kier molecular flexibility index (Phi) is 4.38. The van der Waals surface area contributed by atoms with Gasteiger partial charge in [-0.2, -0.15) is 0 Å². The lowest BCUT2D eigenvalue weighted by Crippen LogP contribution is -2.55. The number of nitrogens with two attached hydrogens (primary N) is 1. The van der Waals surface area contributed by atoms with Crippen molar-refractivity contribution < 1.29 is 28.6 Å². The lowest BCUT2D eigenvalue weighted by atomic mass is 9.83. The van der Waals surface area contributed by atoms with Crippen molar-refractivity contribution in [3.63, 3.8) is 0 Å². The van der Waals surface area contributed by atoms with Crippen LogP contribution in [0.4, 0.5) is 4.79 Å². The summed E-state index contributed by atoms with van der Waals surface area (Å²) in [6.07, 6.45) is 0.663. The third-order valence-electron chi connectivity index (χ3n) is 6.46. The largest absolute Gasteiger partial charge is 0.483 e. The van der Waals surface area contributed by atoms with Gasteiger partial charge in [0.05, 0.1) is 23.4 Å². The predicted octanol–water partition coefficient (Wildman–Crippen LogP) is 0.00190. The van der Waals surface area contributed by atoms with E-state index in [1.807, 2.05) is 11.0 Å². The van der Waals surface area contributed by atoms with Crippen LogP contribution in [0.15, 0.2) is 47.0 Å². The van der Waals surface area contributed by atoms with Crippen molar-refractivity contribution in [2.75, 3.05) is 20.3 Å². The first-order valence-corrected chi connectivity index (χ1v) is 9.98. The highest BCUT2D eigenvalue weighted by Gasteiger charge is 2.72. The first-order valence-electron chi connectivity index (χ1n) is 9.98. The summed E-state index contributed by atoms with van der Waals surface area (Å²) in [4.78, 5) is 44.3. The number of piperazine rings is 1. The number of pyridine rings is 1. The van der Waals surface area contributed by atoms with Gasteiger partial charge >= 0.3 is 6.09 Å². The Morgan fingerprint density at radius 2 is 2.16 bits per heavy atom. The molecule has 31 heavy (non-hydrogen) atoms. The van der Waals surface area contributed by atoms with Crippen molar-refractivity contribution in [3.8, 4) is 0 Å².